The number of esters is 1. The van der Waals surface area contributed by atoms with Gasteiger partial charge in [0.1, 0.15) is 0 Å². The summed E-state index contributed by atoms with van der Waals surface area (Å²) in [4.78, 5) is 25.5. The Morgan fingerprint density at radius 3 is 2.54 bits per heavy atom. The number of rotatable bonds is 13. The Morgan fingerprint density at radius 2 is 1.88 bits per heavy atom. The number of ether oxygens (including phenoxy) is 2. The van der Waals surface area contributed by atoms with E-state index >= 15 is 0 Å². The molecule has 1 rings (SSSR count). The van der Waals surface area contributed by atoms with Crippen LogP contribution in [0.4, 0.5) is 0 Å². The average molecular weight is 370 g/mol. The molecular formula is C20H35NO5. The van der Waals surface area contributed by atoms with Crippen LogP contribution in [-0.4, -0.2) is 61.4 Å². The van der Waals surface area contributed by atoms with Gasteiger partial charge in [-0.1, -0.05) is 33.1 Å². The number of unbranched alkanes of at least 4 members (excludes halogenated alkanes) is 3. The van der Waals surface area contributed by atoms with Gasteiger partial charge in [-0.25, -0.2) is 9.59 Å². The first-order valence-corrected chi connectivity index (χ1v) is 9.93. The molecule has 1 unspecified atom stereocenters. The van der Waals surface area contributed by atoms with Gasteiger partial charge in [-0.05, 0) is 38.1 Å². The largest absolute Gasteiger partial charge is 0.478 e. The maximum absolute atomic E-state index is 12.1. The minimum absolute atomic E-state index is 0.273. The third-order valence-electron chi connectivity index (χ3n) is 4.61. The van der Waals surface area contributed by atoms with Crippen molar-refractivity contribution < 1.29 is 24.2 Å². The van der Waals surface area contributed by atoms with E-state index in [-0.39, 0.29) is 5.57 Å². The number of hydrogen-bond acceptors (Lipinski definition) is 5. The van der Waals surface area contributed by atoms with Gasteiger partial charge in [0.05, 0.1) is 19.8 Å². The monoisotopic (exact) mass is 369 g/mol. The van der Waals surface area contributed by atoms with Crippen LogP contribution >= 0.6 is 0 Å². The maximum atomic E-state index is 12.1. The number of carboxylic acid groups (broad SMARTS) is 1. The highest BCUT2D eigenvalue weighted by atomic mass is 16.5. The van der Waals surface area contributed by atoms with Gasteiger partial charge in [0, 0.05) is 24.7 Å². The lowest BCUT2D eigenvalue weighted by molar-refractivity contribution is -0.141. The summed E-state index contributed by atoms with van der Waals surface area (Å²) in [5.41, 5.74) is 0.273. The van der Waals surface area contributed by atoms with Gasteiger partial charge in [-0.2, -0.15) is 0 Å². The molecule has 1 atom stereocenters. The number of nitrogens with zero attached hydrogens (tertiary/aromatic N) is 1. The number of carbonyl (C=O) groups is 2. The summed E-state index contributed by atoms with van der Waals surface area (Å²) >= 11 is 0. The SMILES string of the molecule is CCCC(C)COC(=O)/C(=C/C(=O)O)CCCCCCN1CCOCC1. The Kier molecular flexibility index (Phi) is 12.0. The lowest BCUT2D eigenvalue weighted by atomic mass is 10.1. The van der Waals surface area contributed by atoms with Crippen LogP contribution in [0, 0.1) is 5.92 Å². The Morgan fingerprint density at radius 1 is 1.19 bits per heavy atom. The molecule has 0 aromatic carbocycles. The van der Waals surface area contributed by atoms with Crippen LogP contribution in [0.25, 0.3) is 0 Å². The van der Waals surface area contributed by atoms with E-state index < -0.39 is 11.9 Å². The third-order valence-corrected chi connectivity index (χ3v) is 4.61. The molecule has 26 heavy (non-hydrogen) atoms. The zero-order chi connectivity index (χ0) is 19.2. The van der Waals surface area contributed by atoms with E-state index in [4.69, 9.17) is 14.6 Å². The van der Waals surface area contributed by atoms with Crippen LogP contribution in [-0.2, 0) is 19.1 Å². The predicted molar refractivity (Wildman–Crippen MR) is 101 cm³/mol. The number of carboxylic acids is 1. The standard InChI is InChI=1S/C20H35NO5/c1-3-8-17(2)16-26-20(24)18(15-19(22)23)9-6-4-5-7-10-21-11-13-25-14-12-21/h15,17H,3-14,16H2,1-2H3,(H,22,23)/b18-15+. The summed E-state index contributed by atoms with van der Waals surface area (Å²) in [5.74, 6) is -1.27. The van der Waals surface area contributed by atoms with E-state index in [2.05, 4.69) is 11.8 Å². The predicted octanol–water partition coefficient (Wildman–Crippen LogP) is 3.26. The molecule has 0 spiro atoms. The number of aliphatic carboxylic acids is 1. The second kappa shape index (κ2) is 13.8. The summed E-state index contributed by atoms with van der Waals surface area (Å²) in [6.45, 7) is 9.22. The Hall–Kier alpha value is -1.40. The van der Waals surface area contributed by atoms with E-state index in [1.165, 1.54) is 0 Å². The van der Waals surface area contributed by atoms with Gasteiger partial charge in [0.25, 0.3) is 0 Å². The third kappa shape index (κ3) is 10.6. The van der Waals surface area contributed by atoms with Crippen LogP contribution in [0.3, 0.4) is 0 Å². The van der Waals surface area contributed by atoms with Crippen LogP contribution < -0.4 is 0 Å². The number of carbonyl (C=O) groups excluding carboxylic acids is 1. The summed E-state index contributed by atoms with van der Waals surface area (Å²) in [6.07, 6.45) is 7.50. The highest BCUT2D eigenvalue weighted by Crippen LogP contribution is 2.14. The van der Waals surface area contributed by atoms with Crippen LogP contribution in [0.2, 0.25) is 0 Å². The molecule has 1 N–H and O–H groups in total. The molecule has 1 saturated heterocycles. The molecule has 6 nitrogen and oxygen atoms in total. The van der Waals surface area contributed by atoms with Gasteiger partial charge in [-0.15, -0.1) is 0 Å². The minimum atomic E-state index is -1.09. The first kappa shape index (κ1) is 22.6. The Labute approximate surface area is 157 Å². The quantitative estimate of drug-likeness (QED) is 0.305. The number of morpholine rings is 1. The summed E-state index contributed by atoms with van der Waals surface area (Å²) in [7, 11) is 0. The Bertz CT molecular complexity index is 443. The first-order valence-electron chi connectivity index (χ1n) is 9.93. The average Bonchev–Trinajstić information content (AvgIpc) is 2.62. The fourth-order valence-electron chi connectivity index (χ4n) is 3.10. The van der Waals surface area contributed by atoms with Gasteiger partial charge in [0.2, 0.25) is 0 Å². The van der Waals surface area contributed by atoms with Crippen molar-refractivity contribution in [3.63, 3.8) is 0 Å². The molecule has 0 radical (unpaired) electrons. The highest BCUT2D eigenvalue weighted by molar-refractivity contribution is 5.95. The molecular weight excluding hydrogens is 334 g/mol. The van der Waals surface area contributed by atoms with E-state index in [9.17, 15) is 9.59 Å². The zero-order valence-electron chi connectivity index (χ0n) is 16.4. The smallest absolute Gasteiger partial charge is 0.334 e. The van der Waals surface area contributed by atoms with Crippen molar-refractivity contribution in [1.29, 1.82) is 0 Å². The minimum Gasteiger partial charge on any atom is -0.478 e. The normalized spacial score (nSPS) is 17.1. The number of hydrogen-bond donors (Lipinski definition) is 1. The molecule has 0 aromatic rings. The lowest BCUT2D eigenvalue weighted by Crippen LogP contribution is -2.36. The van der Waals surface area contributed by atoms with Crippen molar-refractivity contribution in [3.8, 4) is 0 Å². The zero-order valence-corrected chi connectivity index (χ0v) is 16.4. The molecule has 0 aliphatic carbocycles. The van der Waals surface area contributed by atoms with E-state index in [0.29, 0.717) is 18.9 Å². The Balaban J connectivity index is 2.24. The molecule has 1 fully saturated rings. The maximum Gasteiger partial charge on any atom is 0.334 e. The molecule has 1 heterocycles. The molecule has 0 bridgehead atoms. The molecule has 6 heteroatoms. The van der Waals surface area contributed by atoms with Crippen molar-refractivity contribution in [1.82, 2.24) is 4.90 Å². The van der Waals surface area contributed by atoms with Gasteiger partial charge >= 0.3 is 11.9 Å². The molecule has 1 aliphatic rings. The lowest BCUT2D eigenvalue weighted by Gasteiger charge is -2.26. The molecule has 1 aliphatic heterocycles. The second-order valence-electron chi connectivity index (χ2n) is 7.12. The summed E-state index contributed by atoms with van der Waals surface area (Å²) in [5, 5.41) is 8.98. The second-order valence-corrected chi connectivity index (χ2v) is 7.12. The molecule has 150 valence electrons. The van der Waals surface area contributed by atoms with Gasteiger partial charge in [0.15, 0.2) is 0 Å². The molecule has 0 aromatic heterocycles. The topological polar surface area (TPSA) is 76.1 Å². The van der Waals surface area contributed by atoms with Gasteiger partial charge < -0.3 is 14.6 Å². The van der Waals surface area contributed by atoms with Crippen LogP contribution in [0.15, 0.2) is 11.6 Å². The van der Waals surface area contributed by atoms with Crippen molar-refractivity contribution >= 4 is 11.9 Å². The summed E-state index contributed by atoms with van der Waals surface area (Å²) in [6, 6.07) is 0. The molecule has 0 amide bonds. The fraction of sp³-hybridized carbons (Fsp3) is 0.800. The van der Waals surface area contributed by atoms with Gasteiger partial charge in [-0.3, -0.25) is 4.90 Å². The summed E-state index contributed by atoms with van der Waals surface area (Å²) < 4.78 is 10.6. The van der Waals surface area contributed by atoms with E-state index in [1.807, 2.05) is 6.92 Å². The van der Waals surface area contributed by atoms with Crippen LogP contribution in [0.5, 0.6) is 0 Å². The van der Waals surface area contributed by atoms with Crippen molar-refractivity contribution in [3.05, 3.63) is 11.6 Å². The van der Waals surface area contributed by atoms with Crippen molar-refractivity contribution in [2.45, 2.75) is 58.8 Å². The van der Waals surface area contributed by atoms with E-state index in [0.717, 1.165) is 77.4 Å². The van der Waals surface area contributed by atoms with Crippen molar-refractivity contribution in [2.75, 3.05) is 39.5 Å². The first-order chi connectivity index (χ1) is 12.5. The van der Waals surface area contributed by atoms with E-state index in [1.54, 1.807) is 0 Å². The fourth-order valence-corrected chi connectivity index (χ4v) is 3.10. The van der Waals surface area contributed by atoms with Crippen molar-refractivity contribution in [2.24, 2.45) is 5.92 Å². The highest BCUT2D eigenvalue weighted by Gasteiger charge is 2.14. The molecule has 0 saturated carbocycles. The van der Waals surface area contributed by atoms with Crippen LogP contribution in [0.1, 0.15) is 58.8 Å².